The monoisotopic (exact) mass is 646 g/mol. The standard InChI is InChI=1S/C27H20FIN2O4S2/c1-3-11-35-24-21(29)12-16(13-22(24)34-2)14-23-26(33)31(27(36)37-23)20-6-4-5-17(15-20)25(32)30-19-9-7-18(28)8-10-19/h3-10,12-15H,1,11H2,2H3,(H,30,32)/b23-14+. The largest absolute Gasteiger partial charge is 0.493 e. The number of carbonyl (C=O) groups excluding carboxylic acids is 2. The smallest absolute Gasteiger partial charge is 0.270 e. The molecule has 2 amide bonds. The Morgan fingerprint density at radius 1 is 1.22 bits per heavy atom. The number of amides is 2. The lowest BCUT2D eigenvalue weighted by Gasteiger charge is -2.15. The van der Waals surface area contributed by atoms with Gasteiger partial charge in [0.1, 0.15) is 12.4 Å². The summed E-state index contributed by atoms with van der Waals surface area (Å²) in [4.78, 5) is 27.9. The molecule has 6 nitrogen and oxygen atoms in total. The zero-order chi connectivity index (χ0) is 26.5. The molecule has 1 N–H and O–H groups in total. The molecule has 1 saturated heterocycles. The number of anilines is 2. The van der Waals surface area contributed by atoms with E-state index in [9.17, 15) is 14.0 Å². The summed E-state index contributed by atoms with van der Waals surface area (Å²) in [6.45, 7) is 4.00. The molecule has 1 aliphatic heterocycles. The van der Waals surface area contributed by atoms with Crippen molar-refractivity contribution < 1.29 is 23.5 Å². The normalized spacial score (nSPS) is 14.1. The molecule has 188 valence electrons. The Bertz CT molecular complexity index is 1430. The minimum absolute atomic E-state index is 0.299. The van der Waals surface area contributed by atoms with E-state index in [1.54, 1.807) is 49.6 Å². The number of nitrogens with zero attached hydrogens (tertiary/aromatic N) is 1. The zero-order valence-electron chi connectivity index (χ0n) is 19.5. The molecule has 0 atom stereocenters. The maximum atomic E-state index is 13.3. The van der Waals surface area contributed by atoms with Crippen molar-refractivity contribution in [3.8, 4) is 11.5 Å². The van der Waals surface area contributed by atoms with Crippen LogP contribution in [0.3, 0.4) is 0 Å². The second kappa shape index (κ2) is 11.9. The second-order valence-corrected chi connectivity index (χ2v) is 10.5. The molecule has 0 aliphatic carbocycles. The quantitative estimate of drug-likeness (QED) is 0.128. The molecule has 0 bridgehead atoms. The van der Waals surface area contributed by atoms with Crippen LogP contribution in [-0.2, 0) is 4.79 Å². The third kappa shape index (κ3) is 6.20. The van der Waals surface area contributed by atoms with E-state index in [-0.39, 0.29) is 5.91 Å². The number of benzene rings is 3. The summed E-state index contributed by atoms with van der Waals surface area (Å²) in [5, 5.41) is 2.71. The van der Waals surface area contributed by atoms with Gasteiger partial charge >= 0.3 is 0 Å². The first-order valence-electron chi connectivity index (χ1n) is 10.9. The molecule has 4 rings (SSSR count). The minimum atomic E-state index is -0.396. The van der Waals surface area contributed by atoms with Crippen LogP contribution in [0, 0.1) is 9.39 Å². The van der Waals surface area contributed by atoms with Crippen molar-refractivity contribution in [3.05, 3.63) is 98.7 Å². The first-order chi connectivity index (χ1) is 17.8. The lowest BCUT2D eigenvalue weighted by molar-refractivity contribution is -0.113. The minimum Gasteiger partial charge on any atom is -0.493 e. The molecular weight excluding hydrogens is 626 g/mol. The van der Waals surface area contributed by atoms with Gasteiger partial charge in [-0.15, -0.1) is 0 Å². The van der Waals surface area contributed by atoms with Crippen LogP contribution in [0.2, 0.25) is 0 Å². The van der Waals surface area contributed by atoms with E-state index in [4.69, 9.17) is 21.7 Å². The Kier molecular flexibility index (Phi) is 8.62. The van der Waals surface area contributed by atoms with Crippen LogP contribution in [0.1, 0.15) is 15.9 Å². The third-order valence-corrected chi connectivity index (χ3v) is 7.26. The summed E-state index contributed by atoms with van der Waals surface area (Å²) in [5.74, 6) is 0.0493. The van der Waals surface area contributed by atoms with Gasteiger partial charge < -0.3 is 14.8 Å². The number of methoxy groups -OCH3 is 1. The van der Waals surface area contributed by atoms with Crippen LogP contribution < -0.4 is 19.7 Å². The van der Waals surface area contributed by atoms with Crippen LogP contribution in [0.5, 0.6) is 11.5 Å². The van der Waals surface area contributed by atoms with E-state index in [1.165, 1.54) is 40.9 Å². The molecular formula is C27H20FIN2O4S2. The highest BCUT2D eigenvalue weighted by Crippen LogP contribution is 2.39. The molecule has 0 radical (unpaired) electrons. The molecule has 3 aromatic rings. The fourth-order valence-electron chi connectivity index (χ4n) is 3.47. The van der Waals surface area contributed by atoms with E-state index in [0.29, 0.717) is 44.3 Å². The molecule has 0 saturated carbocycles. The fourth-order valence-corrected chi connectivity index (χ4v) is 5.55. The first kappa shape index (κ1) is 26.8. The maximum absolute atomic E-state index is 13.3. The van der Waals surface area contributed by atoms with Gasteiger partial charge in [-0.3, -0.25) is 14.5 Å². The van der Waals surface area contributed by atoms with Crippen molar-refractivity contribution in [2.45, 2.75) is 0 Å². The maximum Gasteiger partial charge on any atom is 0.270 e. The van der Waals surface area contributed by atoms with Crippen LogP contribution in [0.4, 0.5) is 15.8 Å². The average molecular weight is 647 g/mol. The van der Waals surface area contributed by atoms with Crippen molar-refractivity contribution in [2.75, 3.05) is 23.9 Å². The number of thiocarbonyl (C=S) groups is 1. The molecule has 37 heavy (non-hydrogen) atoms. The van der Waals surface area contributed by atoms with Crippen molar-refractivity contribution in [3.63, 3.8) is 0 Å². The van der Waals surface area contributed by atoms with E-state index in [2.05, 4.69) is 34.5 Å². The molecule has 1 heterocycles. The van der Waals surface area contributed by atoms with Crippen LogP contribution in [0.15, 0.2) is 78.2 Å². The van der Waals surface area contributed by atoms with Crippen molar-refractivity contribution in [1.82, 2.24) is 0 Å². The number of rotatable bonds is 8. The summed E-state index contributed by atoms with van der Waals surface area (Å²) in [5.41, 5.74) is 2.00. The summed E-state index contributed by atoms with van der Waals surface area (Å²) < 4.78 is 25.5. The van der Waals surface area contributed by atoms with E-state index >= 15 is 0 Å². The van der Waals surface area contributed by atoms with Crippen molar-refractivity contribution in [2.24, 2.45) is 0 Å². The summed E-state index contributed by atoms with van der Waals surface area (Å²) in [7, 11) is 1.55. The predicted molar refractivity (Wildman–Crippen MR) is 158 cm³/mol. The van der Waals surface area contributed by atoms with Gasteiger partial charge in [0.15, 0.2) is 15.8 Å². The van der Waals surface area contributed by atoms with Gasteiger partial charge in [-0.25, -0.2) is 4.39 Å². The van der Waals surface area contributed by atoms with Gasteiger partial charge in [0.25, 0.3) is 11.8 Å². The highest BCUT2D eigenvalue weighted by atomic mass is 127. The first-order valence-corrected chi connectivity index (χ1v) is 13.2. The van der Waals surface area contributed by atoms with Gasteiger partial charge in [-0.05, 0) is 88.8 Å². The Labute approximate surface area is 236 Å². The lowest BCUT2D eigenvalue weighted by atomic mass is 10.1. The number of thioether (sulfide) groups is 1. The zero-order valence-corrected chi connectivity index (χ0v) is 23.3. The Morgan fingerprint density at radius 3 is 2.68 bits per heavy atom. The molecule has 1 aliphatic rings. The second-order valence-electron chi connectivity index (χ2n) is 7.66. The van der Waals surface area contributed by atoms with Crippen molar-refractivity contribution in [1.29, 1.82) is 0 Å². The Hall–Kier alpha value is -3.22. The number of halogens is 2. The summed E-state index contributed by atoms with van der Waals surface area (Å²) in [6, 6.07) is 15.7. The third-order valence-electron chi connectivity index (χ3n) is 5.16. The van der Waals surface area contributed by atoms with Crippen LogP contribution >= 0.6 is 46.6 Å². The van der Waals surface area contributed by atoms with Gasteiger partial charge in [0.05, 0.1) is 21.3 Å². The molecule has 0 spiro atoms. The van der Waals surface area contributed by atoms with E-state index in [0.717, 1.165) is 9.13 Å². The molecule has 3 aromatic carbocycles. The summed E-state index contributed by atoms with van der Waals surface area (Å²) in [6.07, 6.45) is 3.39. The highest BCUT2D eigenvalue weighted by molar-refractivity contribution is 14.1. The number of ether oxygens (including phenoxy) is 2. The SMILES string of the molecule is C=CCOc1c(I)cc(/C=C2/SC(=S)N(c3cccc(C(=O)Nc4ccc(F)cc4)c3)C2=O)cc1OC. The van der Waals surface area contributed by atoms with Gasteiger partial charge in [-0.1, -0.05) is 42.7 Å². The summed E-state index contributed by atoms with van der Waals surface area (Å²) >= 11 is 8.82. The highest BCUT2D eigenvalue weighted by Gasteiger charge is 2.33. The molecule has 1 fully saturated rings. The predicted octanol–water partition coefficient (Wildman–Crippen LogP) is 6.66. The van der Waals surface area contributed by atoms with Crippen LogP contribution in [-0.4, -0.2) is 29.9 Å². The average Bonchev–Trinajstić information content (AvgIpc) is 3.16. The Morgan fingerprint density at radius 2 is 1.97 bits per heavy atom. The number of nitrogens with one attached hydrogen (secondary N) is 1. The van der Waals surface area contributed by atoms with Crippen LogP contribution in [0.25, 0.3) is 6.08 Å². The van der Waals surface area contributed by atoms with Gasteiger partial charge in [-0.2, -0.15) is 0 Å². The van der Waals surface area contributed by atoms with E-state index in [1.807, 2.05) is 6.07 Å². The molecule has 0 aromatic heterocycles. The van der Waals surface area contributed by atoms with E-state index < -0.39 is 11.7 Å². The number of carbonyl (C=O) groups is 2. The lowest BCUT2D eigenvalue weighted by Crippen LogP contribution is -2.27. The molecule has 10 heteroatoms. The number of hydrogen-bond donors (Lipinski definition) is 1. The van der Waals surface area contributed by atoms with Gasteiger partial charge in [0.2, 0.25) is 0 Å². The van der Waals surface area contributed by atoms with Crippen molar-refractivity contribution >= 4 is 80.2 Å². The van der Waals surface area contributed by atoms with Gasteiger partial charge in [0, 0.05) is 11.3 Å². The fraction of sp³-hybridized carbons (Fsp3) is 0.0741. The number of hydrogen-bond acceptors (Lipinski definition) is 6. The molecule has 0 unspecified atom stereocenters. The Balaban J connectivity index is 1.57. The topological polar surface area (TPSA) is 67.9 Å².